The number of hydrogen-bond acceptors (Lipinski definition) is 1. The van der Waals surface area contributed by atoms with Gasteiger partial charge in [0.05, 0.1) is 17.0 Å². The molecule has 0 saturated heterocycles. The topological polar surface area (TPSA) is 17.3 Å². The molecular formula is C55H51BF6N2. The number of aliphatic imine (C=N–C) groups is 1. The lowest BCUT2D eigenvalue weighted by Gasteiger charge is -2.18. The zero-order valence-electron chi connectivity index (χ0n) is 38.4. The molecule has 0 atom stereocenters. The molecule has 1 aliphatic rings. The summed E-state index contributed by atoms with van der Waals surface area (Å²) in [6.07, 6.45) is 7.09. The first kappa shape index (κ1) is 45.7. The first-order valence-electron chi connectivity index (χ1n) is 21.3. The number of allylic oxidation sites excluding steroid dienone is 3. The molecule has 5 aromatic carbocycles. The van der Waals surface area contributed by atoms with Gasteiger partial charge in [-0.15, -0.1) is 0 Å². The molecule has 0 aliphatic carbocycles. The Morgan fingerprint density at radius 2 is 0.969 bits per heavy atom. The fourth-order valence-electron chi connectivity index (χ4n) is 9.76. The van der Waals surface area contributed by atoms with Crippen LogP contribution in [0.2, 0.25) is 0 Å². The Bertz CT molecular complexity index is 2970. The molecule has 6 aromatic rings. The molecule has 1 aromatic heterocycles. The van der Waals surface area contributed by atoms with Gasteiger partial charge in [0.15, 0.2) is 23.3 Å². The van der Waals surface area contributed by atoms with E-state index >= 15 is 26.2 Å². The Morgan fingerprint density at radius 1 is 0.531 bits per heavy atom. The highest BCUT2D eigenvalue weighted by molar-refractivity contribution is 6.42. The van der Waals surface area contributed by atoms with Crippen molar-refractivity contribution in [2.45, 2.75) is 83.1 Å². The first-order valence-corrected chi connectivity index (χ1v) is 21.3. The molecule has 7 rings (SSSR count). The maximum absolute atomic E-state index is 16.7. The van der Waals surface area contributed by atoms with Gasteiger partial charge < -0.3 is 4.48 Å². The third-order valence-corrected chi connectivity index (χ3v) is 12.5. The minimum Gasteiger partial charge on any atom is -0.324 e. The third-order valence-electron chi connectivity index (χ3n) is 12.5. The van der Waals surface area contributed by atoms with Crippen molar-refractivity contribution < 1.29 is 26.2 Å². The molecule has 0 N–H and O–H groups in total. The van der Waals surface area contributed by atoms with E-state index < -0.39 is 41.8 Å². The van der Waals surface area contributed by atoms with Crippen LogP contribution in [0.4, 0.5) is 26.2 Å². The number of rotatable bonds is 9. The van der Waals surface area contributed by atoms with Crippen LogP contribution in [0.1, 0.15) is 102 Å². The predicted molar refractivity (Wildman–Crippen MR) is 255 cm³/mol. The summed E-state index contributed by atoms with van der Waals surface area (Å²) in [5.74, 6) is -6.81. The number of halogens is 6. The smallest absolute Gasteiger partial charge is 0.324 e. The number of aromatic nitrogens is 1. The molecule has 326 valence electrons. The molecule has 0 unspecified atom stereocenters. The Balaban J connectivity index is 1.70. The second-order valence-corrected chi connectivity index (χ2v) is 17.3. The van der Waals surface area contributed by atoms with E-state index in [2.05, 4.69) is 12.1 Å². The van der Waals surface area contributed by atoms with Gasteiger partial charge in [-0.3, -0.25) is 8.63 Å². The highest BCUT2D eigenvalue weighted by Crippen LogP contribution is 2.48. The summed E-state index contributed by atoms with van der Waals surface area (Å²) in [7, 11) is -3.30. The predicted octanol–water partition coefficient (Wildman–Crippen LogP) is 15.4. The molecule has 2 nitrogen and oxygen atoms in total. The Kier molecular flexibility index (Phi) is 12.6. The van der Waals surface area contributed by atoms with Gasteiger partial charge in [0, 0.05) is 34.2 Å². The molecule has 2 heterocycles. The lowest BCUT2D eigenvalue weighted by molar-refractivity contribution is 0.450. The van der Waals surface area contributed by atoms with Crippen molar-refractivity contribution in [2.24, 2.45) is 4.99 Å². The Morgan fingerprint density at radius 3 is 1.42 bits per heavy atom. The van der Waals surface area contributed by atoms with Crippen LogP contribution in [-0.4, -0.2) is 17.6 Å². The lowest BCUT2D eigenvalue weighted by Crippen LogP contribution is -2.19. The van der Waals surface area contributed by atoms with Crippen molar-refractivity contribution >= 4 is 42.5 Å². The average Bonchev–Trinajstić information content (AvgIpc) is 3.67. The highest BCUT2D eigenvalue weighted by atomic mass is 19.2. The van der Waals surface area contributed by atoms with Crippen molar-refractivity contribution in [1.29, 1.82) is 0 Å². The SMILES string of the molecule is CC1=C(c2c(C)cccc2C)C(/C=C/c2c(C)cc(C)cc2C)=NC/1=C(/c1c(F)c(F)cc(F)c1F)c1c(C)c(-c2c(C)cccc2C)c(/C=C/c2c(C)cc(C)cc2C)n1B(F)F. The molecular weight excluding hydrogens is 813 g/mol. The zero-order valence-corrected chi connectivity index (χ0v) is 38.4. The van der Waals surface area contributed by atoms with Crippen LogP contribution in [0.5, 0.6) is 0 Å². The molecule has 0 radical (unpaired) electrons. The van der Waals surface area contributed by atoms with E-state index in [0.29, 0.717) is 28.0 Å². The van der Waals surface area contributed by atoms with Crippen molar-refractivity contribution in [2.75, 3.05) is 0 Å². The summed E-state index contributed by atoms with van der Waals surface area (Å²) in [5, 5.41) is 0. The first-order chi connectivity index (χ1) is 30.2. The van der Waals surface area contributed by atoms with Crippen molar-refractivity contribution in [3.63, 3.8) is 0 Å². The highest BCUT2D eigenvalue weighted by Gasteiger charge is 2.38. The Labute approximate surface area is 373 Å². The lowest BCUT2D eigenvalue weighted by atomic mass is 9.87. The Hall–Kier alpha value is -6.35. The molecule has 0 amide bonds. The second kappa shape index (κ2) is 17.7. The number of hydrogen-bond donors (Lipinski definition) is 0. The van der Waals surface area contributed by atoms with Crippen LogP contribution < -0.4 is 0 Å². The summed E-state index contributed by atoms with van der Waals surface area (Å²) in [5.41, 5.74) is 12.4. The van der Waals surface area contributed by atoms with Crippen LogP contribution in [0, 0.1) is 99.4 Å². The third kappa shape index (κ3) is 8.06. The van der Waals surface area contributed by atoms with Crippen LogP contribution in [0.3, 0.4) is 0 Å². The summed E-state index contributed by atoms with van der Waals surface area (Å²) in [6, 6.07) is 19.6. The van der Waals surface area contributed by atoms with Crippen molar-refractivity contribution in [1.82, 2.24) is 4.48 Å². The van der Waals surface area contributed by atoms with Gasteiger partial charge in [-0.25, -0.2) is 22.6 Å². The van der Waals surface area contributed by atoms with Crippen LogP contribution in [-0.2, 0) is 0 Å². The quantitative estimate of drug-likeness (QED) is 0.0783. The molecule has 0 fully saturated rings. The van der Waals surface area contributed by atoms with Crippen molar-refractivity contribution in [3.8, 4) is 11.1 Å². The van der Waals surface area contributed by atoms with E-state index in [-0.39, 0.29) is 28.7 Å². The van der Waals surface area contributed by atoms with Crippen LogP contribution >= 0.6 is 0 Å². The molecule has 9 heteroatoms. The van der Waals surface area contributed by atoms with Crippen LogP contribution in [0.15, 0.2) is 89.1 Å². The molecule has 1 aliphatic heterocycles. The maximum Gasteiger partial charge on any atom is 0.678 e. The summed E-state index contributed by atoms with van der Waals surface area (Å²) < 4.78 is 98.2. The van der Waals surface area contributed by atoms with E-state index in [1.165, 1.54) is 0 Å². The van der Waals surface area contributed by atoms with Crippen molar-refractivity contribution in [3.05, 3.63) is 202 Å². The van der Waals surface area contributed by atoms with Gasteiger partial charge >= 0.3 is 7.40 Å². The molecule has 64 heavy (non-hydrogen) atoms. The molecule has 0 saturated carbocycles. The van der Waals surface area contributed by atoms with E-state index in [1.807, 2.05) is 124 Å². The number of aryl methyl sites for hydroxylation is 10. The van der Waals surface area contributed by atoms with E-state index in [1.54, 1.807) is 32.1 Å². The fraction of sp³-hybridized carbons (Fsp3) is 0.218. The minimum absolute atomic E-state index is 0.0408. The van der Waals surface area contributed by atoms with Gasteiger partial charge in [-0.2, -0.15) is 0 Å². The zero-order chi connectivity index (χ0) is 46.6. The van der Waals surface area contributed by atoms with Gasteiger partial charge in [-0.05, 0) is 173 Å². The summed E-state index contributed by atoms with van der Waals surface area (Å²) >= 11 is 0. The minimum atomic E-state index is -3.30. The molecule has 0 bridgehead atoms. The van der Waals surface area contributed by atoms with Crippen LogP contribution in [0.25, 0.3) is 40.5 Å². The number of nitrogens with zero attached hydrogens (tertiary/aromatic N) is 2. The van der Waals surface area contributed by atoms with E-state index in [9.17, 15) is 0 Å². The molecule has 0 spiro atoms. The summed E-state index contributed by atoms with van der Waals surface area (Å²) in [6.45, 7) is 22.8. The largest absolute Gasteiger partial charge is 0.678 e. The van der Waals surface area contributed by atoms with Gasteiger partial charge in [0.2, 0.25) is 0 Å². The van der Waals surface area contributed by atoms with Gasteiger partial charge in [0.25, 0.3) is 0 Å². The maximum atomic E-state index is 16.7. The van der Waals surface area contributed by atoms with E-state index in [0.717, 1.165) is 76.8 Å². The standard InChI is InChI=1S/C55H51BF6N2/c1-28-23-34(7)40(35(8)24-28)19-21-44-48(46-30(3)15-13-16-31(46)4)38(11)54(63-44)51(50-52(59)42(57)27-43(58)53(50)60)55-39(12)49(47-32(5)17-14-18-33(47)6)45(64(55)56(61)62)22-20-41-36(9)25-29(2)26-37(41)10/h13-27H,1-12H3/b21-19+,22-20+,54-51-. The monoisotopic (exact) mass is 864 g/mol. The fourth-order valence-corrected chi connectivity index (χ4v) is 9.76. The van der Waals surface area contributed by atoms with Gasteiger partial charge in [-0.1, -0.05) is 83.9 Å². The summed E-state index contributed by atoms with van der Waals surface area (Å²) in [4.78, 5) is 5.09. The number of benzene rings is 5. The average molecular weight is 865 g/mol. The van der Waals surface area contributed by atoms with E-state index in [4.69, 9.17) is 4.99 Å². The second-order valence-electron chi connectivity index (χ2n) is 17.3. The van der Waals surface area contributed by atoms with Gasteiger partial charge in [0.1, 0.15) is 0 Å². The normalized spacial score (nSPS) is 13.9.